The van der Waals surface area contributed by atoms with Crippen molar-refractivity contribution in [3.8, 4) is 0 Å². The number of unbranched alkanes of at least 4 members (excludes halogenated alkanes) is 1. The summed E-state index contributed by atoms with van der Waals surface area (Å²) < 4.78 is 11.5. The third-order valence-corrected chi connectivity index (χ3v) is 7.20. The van der Waals surface area contributed by atoms with Crippen LogP contribution in [0.15, 0.2) is 18.2 Å². The zero-order chi connectivity index (χ0) is 23.0. The molecule has 4 rings (SSSR count). The fourth-order valence-corrected chi connectivity index (χ4v) is 5.85. The monoisotopic (exact) mass is 464 g/mol. The summed E-state index contributed by atoms with van der Waals surface area (Å²) in [6.45, 7) is 4.07. The lowest BCUT2D eigenvalue weighted by Gasteiger charge is -2.33. The second-order valence-corrected chi connectivity index (χ2v) is 9.10. The summed E-state index contributed by atoms with van der Waals surface area (Å²) >= 11 is 6.32. The zero-order valence-corrected chi connectivity index (χ0v) is 19.1. The van der Waals surface area contributed by atoms with Crippen molar-refractivity contribution in [2.75, 3.05) is 25.1 Å². The molecule has 3 saturated heterocycles. The number of ether oxygens (including phenoxy) is 2. The van der Waals surface area contributed by atoms with Crippen molar-refractivity contribution < 1.29 is 29.0 Å². The van der Waals surface area contributed by atoms with E-state index in [1.54, 1.807) is 19.1 Å². The summed E-state index contributed by atoms with van der Waals surface area (Å²) in [5.74, 6) is -2.56. The number of carbonyl (C=O) groups excluding carboxylic acids is 3. The molecular weight excluding hydrogens is 436 g/mol. The normalized spacial score (nSPS) is 30.5. The quantitative estimate of drug-likeness (QED) is 0.452. The van der Waals surface area contributed by atoms with E-state index in [-0.39, 0.29) is 25.0 Å². The minimum Gasteiger partial charge on any atom is -0.466 e. The molecule has 0 saturated carbocycles. The van der Waals surface area contributed by atoms with Gasteiger partial charge in [-0.3, -0.25) is 14.4 Å². The molecule has 1 aromatic rings. The van der Waals surface area contributed by atoms with Crippen molar-refractivity contribution in [3.05, 3.63) is 28.8 Å². The van der Waals surface area contributed by atoms with E-state index in [1.165, 1.54) is 4.90 Å². The second-order valence-electron chi connectivity index (χ2n) is 8.69. The van der Waals surface area contributed by atoms with E-state index in [1.807, 2.05) is 13.0 Å². The van der Waals surface area contributed by atoms with Crippen molar-refractivity contribution >= 4 is 35.1 Å². The first-order chi connectivity index (χ1) is 15.4. The third-order valence-electron chi connectivity index (χ3n) is 6.88. The summed E-state index contributed by atoms with van der Waals surface area (Å²) in [6, 6.07) is 4.45. The molecule has 0 aromatic heterocycles. The van der Waals surface area contributed by atoms with E-state index < -0.39 is 35.6 Å². The number of rotatable bonds is 8. The first kappa shape index (κ1) is 23.0. The van der Waals surface area contributed by atoms with Crippen molar-refractivity contribution in [3.63, 3.8) is 0 Å². The molecule has 0 aliphatic carbocycles. The molecule has 174 valence electrons. The van der Waals surface area contributed by atoms with Crippen LogP contribution in [0.1, 0.15) is 38.2 Å². The Balaban J connectivity index is 1.69. The highest BCUT2D eigenvalue weighted by molar-refractivity contribution is 6.34. The highest BCUT2D eigenvalue weighted by atomic mass is 35.5. The topological polar surface area (TPSA) is 105 Å². The van der Waals surface area contributed by atoms with Crippen LogP contribution in [0, 0.1) is 18.8 Å². The Bertz CT molecular complexity index is 903. The fraction of sp³-hybridized carbons (Fsp3) is 0.609. The smallest absolute Gasteiger partial charge is 0.312 e. The van der Waals surface area contributed by atoms with Crippen LogP contribution in [0.3, 0.4) is 0 Å². The minimum absolute atomic E-state index is 0.00366. The number of aryl methyl sites for hydroxylation is 1. The van der Waals surface area contributed by atoms with E-state index in [9.17, 15) is 19.5 Å². The van der Waals surface area contributed by atoms with Gasteiger partial charge in [-0.25, -0.2) is 0 Å². The SMILES string of the molecule is CCOC(=O)[C@@H]1[C@H]2C(=O)N(CCCCO)[C@H](C(=O)Nc3c(C)cccc3Cl)[C@]23CC[C@H]1O3. The van der Waals surface area contributed by atoms with Gasteiger partial charge in [0.15, 0.2) is 0 Å². The standard InChI is InChI=1S/C23H29ClN2O6/c1-3-31-22(30)16-15-9-10-23(32-15)17(16)21(29)26(11-4-5-12-27)19(23)20(28)25-18-13(2)7-6-8-14(18)24/h6-8,15-17,19,27H,3-5,9-12H2,1-2H3,(H,25,28)/t15-,16+,17+,19-,23+/m1/s1. The Hall–Kier alpha value is -2.16. The van der Waals surface area contributed by atoms with Gasteiger partial charge in [0.1, 0.15) is 11.6 Å². The van der Waals surface area contributed by atoms with Gasteiger partial charge in [-0.05, 0) is 51.2 Å². The molecule has 2 bridgehead atoms. The van der Waals surface area contributed by atoms with Gasteiger partial charge in [0.2, 0.25) is 11.8 Å². The Kier molecular flexibility index (Phi) is 6.47. The largest absolute Gasteiger partial charge is 0.466 e. The highest BCUT2D eigenvalue weighted by Gasteiger charge is 2.74. The Morgan fingerprint density at radius 1 is 1.38 bits per heavy atom. The van der Waals surface area contributed by atoms with E-state index in [2.05, 4.69) is 5.32 Å². The molecule has 0 unspecified atom stereocenters. The molecule has 1 aromatic carbocycles. The van der Waals surface area contributed by atoms with Crippen LogP contribution in [0.5, 0.6) is 0 Å². The maximum Gasteiger partial charge on any atom is 0.312 e. The van der Waals surface area contributed by atoms with Gasteiger partial charge in [0, 0.05) is 13.2 Å². The van der Waals surface area contributed by atoms with Crippen LogP contribution in [0.2, 0.25) is 5.02 Å². The Morgan fingerprint density at radius 3 is 2.84 bits per heavy atom. The summed E-state index contributed by atoms with van der Waals surface area (Å²) in [5.41, 5.74) is 0.228. The number of nitrogens with zero attached hydrogens (tertiary/aromatic N) is 1. The second kappa shape index (κ2) is 9.00. The van der Waals surface area contributed by atoms with E-state index in [4.69, 9.17) is 21.1 Å². The van der Waals surface area contributed by atoms with Crippen LogP contribution < -0.4 is 5.32 Å². The van der Waals surface area contributed by atoms with Gasteiger partial charge in [0.25, 0.3) is 0 Å². The molecule has 1 spiro atoms. The third kappa shape index (κ3) is 3.58. The Labute approximate surface area is 192 Å². The van der Waals surface area contributed by atoms with Crippen molar-refractivity contribution in [2.24, 2.45) is 11.8 Å². The molecule has 9 heteroatoms. The molecule has 2 N–H and O–H groups in total. The van der Waals surface area contributed by atoms with Crippen LogP contribution in [-0.2, 0) is 23.9 Å². The number of aliphatic hydroxyl groups is 1. The van der Waals surface area contributed by atoms with Crippen LogP contribution >= 0.6 is 11.6 Å². The molecule has 5 atom stereocenters. The lowest BCUT2D eigenvalue weighted by atomic mass is 9.70. The first-order valence-electron chi connectivity index (χ1n) is 11.2. The number of para-hydroxylation sites is 1. The summed E-state index contributed by atoms with van der Waals surface area (Å²) in [4.78, 5) is 41.4. The molecular formula is C23H29ClN2O6. The highest BCUT2D eigenvalue weighted by Crippen LogP contribution is 2.58. The van der Waals surface area contributed by atoms with Crippen LogP contribution in [-0.4, -0.2) is 65.3 Å². The van der Waals surface area contributed by atoms with E-state index in [0.717, 1.165) is 5.56 Å². The molecule has 3 fully saturated rings. The number of amides is 2. The zero-order valence-electron chi connectivity index (χ0n) is 18.3. The molecule has 3 aliphatic heterocycles. The fourth-order valence-electron chi connectivity index (χ4n) is 5.58. The summed E-state index contributed by atoms with van der Waals surface area (Å²) in [5, 5.41) is 12.5. The Morgan fingerprint density at radius 2 is 2.16 bits per heavy atom. The van der Waals surface area contributed by atoms with Gasteiger partial charge in [0.05, 0.1) is 35.3 Å². The molecule has 3 heterocycles. The number of likely N-dealkylation sites (tertiary alicyclic amines) is 1. The number of halogens is 1. The number of hydrogen-bond donors (Lipinski definition) is 2. The lowest BCUT2D eigenvalue weighted by molar-refractivity contribution is -0.154. The predicted molar refractivity (Wildman–Crippen MR) is 117 cm³/mol. The van der Waals surface area contributed by atoms with Gasteiger partial charge >= 0.3 is 5.97 Å². The number of hydrogen-bond acceptors (Lipinski definition) is 6. The van der Waals surface area contributed by atoms with Crippen molar-refractivity contribution in [1.29, 1.82) is 0 Å². The van der Waals surface area contributed by atoms with E-state index >= 15 is 0 Å². The number of nitrogens with one attached hydrogen (secondary N) is 1. The maximum atomic E-state index is 13.6. The average molecular weight is 465 g/mol. The van der Waals surface area contributed by atoms with Crippen molar-refractivity contribution in [2.45, 2.75) is 57.3 Å². The summed E-state index contributed by atoms with van der Waals surface area (Å²) in [6.07, 6.45) is 1.71. The molecule has 0 radical (unpaired) electrons. The number of benzene rings is 1. The van der Waals surface area contributed by atoms with Crippen LogP contribution in [0.25, 0.3) is 0 Å². The van der Waals surface area contributed by atoms with Gasteiger partial charge in [-0.15, -0.1) is 0 Å². The molecule has 32 heavy (non-hydrogen) atoms. The van der Waals surface area contributed by atoms with Crippen LogP contribution in [0.4, 0.5) is 5.69 Å². The van der Waals surface area contributed by atoms with Gasteiger partial charge in [-0.1, -0.05) is 23.7 Å². The van der Waals surface area contributed by atoms with Gasteiger partial charge < -0.3 is 24.8 Å². The summed E-state index contributed by atoms with van der Waals surface area (Å²) in [7, 11) is 0. The predicted octanol–water partition coefficient (Wildman–Crippen LogP) is 2.30. The van der Waals surface area contributed by atoms with Crippen molar-refractivity contribution in [1.82, 2.24) is 4.90 Å². The van der Waals surface area contributed by atoms with Gasteiger partial charge in [-0.2, -0.15) is 0 Å². The molecule has 8 nitrogen and oxygen atoms in total. The maximum absolute atomic E-state index is 13.6. The number of esters is 1. The number of fused-ring (bicyclic) bond motifs is 1. The minimum atomic E-state index is -1.07. The number of anilines is 1. The first-order valence-corrected chi connectivity index (χ1v) is 11.5. The lowest BCUT2D eigenvalue weighted by Crippen LogP contribution is -2.53. The number of carbonyl (C=O) groups is 3. The van der Waals surface area contributed by atoms with E-state index in [0.29, 0.717) is 42.9 Å². The average Bonchev–Trinajstić information content (AvgIpc) is 3.39. The molecule has 3 aliphatic rings. The number of aliphatic hydroxyl groups excluding tert-OH is 1. The molecule has 2 amide bonds.